The first kappa shape index (κ1) is 19.9. The quantitative estimate of drug-likeness (QED) is 0.558. The summed E-state index contributed by atoms with van der Waals surface area (Å²) in [5.74, 6) is 0.277. The molecule has 1 heterocycles. The number of nitrogens with zero attached hydrogens (tertiary/aromatic N) is 1. The van der Waals surface area contributed by atoms with E-state index in [0.717, 1.165) is 32.8 Å². The fourth-order valence-corrected chi connectivity index (χ4v) is 3.04. The van der Waals surface area contributed by atoms with Gasteiger partial charge in [-0.1, -0.05) is 30.3 Å². The van der Waals surface area contributed by atoms with Crippen molar-refractivity contribution in [2.45, 2.75) is 0 Å². The summed E-state index contributed by atoms with van der Waals surface area (Å²) in [6.07, 6.45) is 1.64. The molecule has 0 amide bonds. The van der Waals surface area contributed by atoms with Crippen LogP contribution < -0.4 is 9.47 Å². The van der Waals surface area contributed by atoms with Gasteiger partial charge in [0, 0.05) is 31.3 Å². The first-order chi connectivity index (χ1) is 13.7. The normalized spacial score (nSPS) is 15.2. The van der Waals surface area contributed by atoms with E-state index in [4.69, 9.17) is 14.2 Å². The van der Waals surface area contributed by atoms with Gasteiger partial charge in [-0.05, 0) is 23.8 Å². The summed E-state index contributed by atoms with van der Waals surface area (Å²) in [6.45, 7) is 4.56. The van der Waals surface area contributed by atoms with Gasteiger partial charge in [0.05, 0.1) is 25.9 Å². The van der Waals surface area contributed by atoms with Crippen molar-refractivity contribution < 1.29 is 24.1 Å². The number of rotatable bonds is 8. The van der Waals surface area contributed by atoms with Gasteiger partial charge in [0.1, 0.15) is 18.1 Å². The molecule has 0 saturated carbocycles. The zero-order valence-corrected chi connectivity index (χ0v) is 16.0. The van der Waals surface area contributed by atoms with Gasteiger partial charge in [0.2, 0.25) is 0 Å². The third-order valence-corrected chi connectivity index (χ3v) is 4.60. The second kappa shape index (κ2) is 9.92. The summed E-state index contributed by atoms with van der Waals surface area (Å²) >= 11 is 0. The molecule has 0 aliphatic carbocycles. The average molecular weight is 383 g/mol. The van der Waals surface area contributed by atoms with Gasteiger partial charge < -0.3 is 19.3 Å². The van der Waals surface area contributed by atoms with E-state index in [1.165, 1.54) is 0 Å². The number of ether oxygens (including phenoxy) is 3. The Labute approximate surface area is 164 Å². The minimum atomic E-state index is -0.985. The molecule has 0 atom stereocenters. The maximum Gasteiger partial charge on any atom is 0.336 e. The lowest BCUT2D eigenvalue weighted by atomic mass is 10.0. The molecule has 2 aromatic rings. The van der Waals surface area contributed by atoms with E-state index in [1.807, 2.05) is 24.3 Å². The van der Waals surface area contributed by atoms with Crippen LogP contribution in [-0.2, 0) is 9.53 Å². The van der Waals surface area contributed by atoms with Crippen molar-refractivity contribution in [1.29, 1.82) is 0 Å². The molecule has 6 nitrogen and oxygen atoms in total. The summed E-state index contributed by atoms with van der Waals surface area (Å²) < 4.78 is 16.7. The zero-order valence-electron chi connectivity index (χ0n) is 16.0. The molecular weight excluding hydrogens is 358 g/mol. The summed E-state index contributed by atoms with van der Waals surface area (Å²) in [7, 11) is 1.59. The number of methoxy groups -OCH3 is 1. The Bertz CT molecular complexity index is 813. The highest BCUT2D eigenvalue weighted by atomic mass is 16.5. The highest BCUT2D eigenvalue weighted by Crippen LogP contribution is 2.29. The van der Waals surface area contributed by atoms with Gasteiger partial charge in [0.15, 0.2) is 0 Å². The first-order valence-electron chi connectivity index (χ1n) is 9.29. The Morgan fingerprint density at radius 1 is 1.18 bits per heavy atom. The first-order valence-corrected chi connectivity index (χ1v) is 9.29. The summed E-state index contributed by atoms with van der Waals surface area (Å²) in [4.78, 5) is 14.1. The van der Waals surface area contributed by atoms with Crippen LogP contribution >= 0.6 is 0 Å². The van der Waals surface area contributed by atoms with E-state index in [0.29, 0.717) is 29.2 Å². The number of aliphatic carboxylic acids is 1. The lowest BCUT2D eigenvalue weighted by molar-refractivity contribution is -0.130. The standard InChI is InChI=1S/C22H25NO5/c1-26-19-8-7-18(15-20(22(24)25)17-5-3-2-4-6-17)21(16-19)28-14-11-23-9-12-27-13-10-23/h2-8,15-16H,9-14H2,1H3,(H,24,25)/b20-15-. The van der Waals surface area contributed by atoms with Crippen molar-refractivity contribution in [2.24, 2.45) is 0 Å². The molecule has 1 aliphatic rings. The molecular formula is C22H25NO5. The molecule has 0 bridgehead atoms. The van der Waals surface area contributed by atoms with Crippen LogP contribution in [0.5, 0.6) is 11.5 Å². The summed E-state index contributed by atoms with van der Waals surface area (Å²) in [5, 5.41) is 9.67. The maximum atomic E-state index is 11.8. The Balaban J connectivity index is 1.81. The molecule has 1 N–H and O–H groups in total. The molecule has 0 unspecified atom stereocenters. The van der Waals surface area contributed by atoms with Crippen LogP contribution in [0.25, 0.3) is 11.6 Å². The van der Waals surface area contributed by atoms with Crippen molar-refractivity contribution in [3.05, 3.63) is 59.7 Å². The van der Waals surface area contributed by atoms with E-state index >= 15 is 0 Å². The molecule has 1 aliphatic heterocycles. The number of carboxylic acids is 1. The topological polar surface area (TPSA) is 68.2 Å². The summed E-state index contributed by atoms with van der Waals surface area (Å²) in [5.41, 5.74) is 1.55. The monoisotopic (exact) mass is 383 g/mol. The minimum absolute atomic E-state index is 0.212. The average Bonchev–Trinajstić information content (AvgIpc) is 2.73. The van der Waals surface area contributed by atoms with E-state index < -0.39 is 5.97 Å². The number of hydrogen-bond acceptors (Lipinski definition) is 5. The largest absolute Gasteiger partial charge is 0.497 e. The lowest BCUT2D eigenvalue weighted by Crippen LogP contribution is -2.38. The van der Waals surface area contributed by atoms with Crippen LogP contribution in [0.3, 0.4) is 0 Å². The lowest BCUT2D eigenvalue weighted by Gasteiger charge is -2.26. The van der Waals surface area contributed by atoms with Crippen molar-refractivity contribution in [3.63, 3.8) is 0 Å². The van der Waals surface area contributed by atoms with Gasteiger partial charge in [0.25, 0.3) is 0 Å². The van der Waals surface area contributed by atoms with Gasteiger partial charge in [-0.15, -0.1) is 0 Å². The van der Waals surface area contributed by atoms with Crippen LogP contribution in [0.1, 0.15) is 11.1 Å². The minimum Gasteiger partial charge on any atom is -0.497 e. The van der Waals surface area contributed by atoms with Crippen LogP contribution in [0.15, 0.2) is 48.5 Å². The van der Waals surface area contributed by atoms with E-state index in [9.17, 15) is 9.90 Å². The fourth-order valence-electron chi connectivity index (χ4n) is 3.04. The molecule has 28 heavy (non-hydrogen) atoms. The smallest absolute Gasteiger partial charge is 0.336 e. The number of carboxylic acid groups (broad SMARTS) is 1. The van der Waals surface area contributed by atoms with Crippen LogP contribution in [0.2, 0.25) is 0 Å². The van der Waals surface area contributed by atoms with Crippen LogP contribution in [0, 0.1) is 0 Å². The Morgan fingerprint density at radius 2 is 1.93 bits per heavy atom. The molecule has 2 aromatic carbocycles. The fraction of sp³-hybridized carbons (Fsp3) is 0.318. The highest BCUT2D eigenvalue weighted by Gasteiger charge is 2.14. The van der Waals surface area contributed by atoms with Gasteiger partial charge in [-0.25, -0.2) is 4.79 Å². The second-order valence-electron chi connectivity index (χ2n) is 6.44. The maximum absolute atomic E-state index is 11.8. The van der Waals surface area contributed by atoms with Crippen molar-refractivity contribution >= 4 is 17.6 Å². The Morgan fingerprint density at radius 3 is 2.61 bits per heavy atom. The SMILES string of the molecule is COc1ccc(/C=C(\C(=O)O)c2ccccc2)c(OCCN2CCOCC2)c1. The van der Waals surface area contributed by atoms with Gasteiger partial charge in [-0.2, -0.15) is 0 Å². The van der Waals surface area contributed by atoms with Crippen LogP contribution in [0.4, 0.5) is 0 Å². The Kier molecular flexibility index (Phi) is 7.06. The number of hydrogen-bond donors (Lipinski definition) is 1. The number of carbonyl (C=O) groups is 1. The van der Waals surface area contributed by atoms with Crippen LogP contribution in [-0.4, -0.2) is 62.5 Å². The van der Waals surface area contributed by atoms with Gasteiger partial charge >= 0.3 is 5.97 Å². The van der Waals surface area contributed by atoms with E-state index in [1.54, 1.807) is 37.5 Å². The summed E-state index contributed by atoms with van der Waals surface area (Å²) in [6, 6.07) is 14.5. The molecule has 0 aromatic heterocycles. The molecule has 6 heteroatoms. The van der Waals surface area contributed by atoms with Crippen molar-refractivity contribution in [1.82, 2.24) is 4.90 Å². The van der Waals surface area contributed by atoms with Gasteiger partial charge in [-0.3, -0.25) is 4.90 Å². The molecule has 1 fully saturated rings. The third-order valence-electron chi connectivity index (χ3n) is 4.60. The molecule has 3 rings (SSSR count). The third kappa shape index (κ3) is 5.34. The molecule has 0 spiro atoms. The zero-order chi connectivity index (χ0) is 19.8. The Hall–Kier alpha value is -2.83. The second-order valence-corrected chi connectivity index (χ2v) is 6.44. The number of benzene rings is 2. The highest BCUT2D eigenvalue weighted by molar-refractivity contribution is 6.20. The van der Waals surface area contributed by atoms with Crippen molar-refractivity contribution in [2.75, 3.05) is 46.6 Å². The molecule has 148 valence electrons. The predicted molar refractivity (Wildman–Crippen MR) is 108 cm³/mol. The number of morpholine rings is 1. The van der Waals surface area contributed by atoms with E-state index in [2.05, 4.69) is 4.90 Å². The molecule has 1 saturated heterocycles. The molecule has 0 radical (unpaired) electrons. The van der Waals surface area contributed by atoms with Crippen molar-refractivity contribution in [3.8, 4) is 11.5 Å². The predicted octanol–water partition coefficient (Wildman–Crippen LogP) is 3.03. The van der Waals surface area contributed by atoms with E-state index in [-0.39, 0.29) is 5.57 Å².